The van der Waals surface area contributed by atoms with Crippen molar-refractivity contribution in [3.05, 3.63) is 29.8 Å². The van der Waals surface area contributed by atoms with Crippen molar-refractivity contribution in [2.45, 2.75) is 56.9 Å². The third kappa shape index (κ3) is 3.90. The van der Waals surface area contributed by atoms with E-state index in [0.29, 0.717) is 18.0 Å². The van der Waals surface area contributed by atoms with Gasteiger partial charge in [0.15, 0.2) is 0 Å². The Kier molecular flexibility index (Phi) is 5.49. The molecule has 0 radical (unpaired) electrons. The Balaban J connectivity index is 1.82. The quantitative estimate of drug-likeness (QED) is 0.828. The summed E-state index contributed by atoms with van der Waals surface area (Å²) in [6, 6.07) is 6.57. The zero-order chi connectivity index (χ0) is 18.0. The van der Waals surface area contributed by atoms with Gasteiger partial charge in [-0.05, 0) is 56.7 Å². The summed E-state index contributed by atoms with van der Waals surface area (Å²) in [5, 5.41) is 0. The van der Waals surface area contributed by atoms with E-state index in [4.69, 9.17) is 0 Å². The molecule has 1 unspecified atom stereocenters. The molecule has 0 N–H and O–H groups in total. The normalized spacial score (nSPS) is 23.6. The first-order valence-electron chi connectivity index (χ1n) is 9.31. The molecule has 2 aliphatic heterocycles. The second-order valence-corrected chi connectivity index (χ2v) is 9.35. The summed E-state index contributed by atoms with van der Waals surface area (Å²) >= 11 is 0. The highest BCUT2D eigenvalue weighted by Crippen LogP contribution is 2.26. The fraction of sp³-hybridized carbons (Fsp3) is 0.632. The number of carbonyl (C=O) groups is 1. The summed E-state index contributed by atoms with van der Waals surface area (Å²) in [5.74, 6) is 0.590. The summed E-state index contributed by atoms with van der Waals surface area (Å²) in [6.07, 6.45) is 4.88. The molecule has 2 heterocycles. The molecule has 5 nitrogen and oxygen atoms in total. The van der Waals surface area contributed by atoms with E-state index in [1.165, 1.54) is 0 Å². The number of amides is 1. The van der Waals surface area contributed by atoms with Gasteiger partial charge in [0.2, 0.25) is 10.0 Å². The van der Waals surface area contributed by atoms with Gasteiger partial charge in [-0.25, -0.2) is 8.42 Å². The van der Waals surface area contributed by atoms with Crippen LogP contribution in [0.15, 0.2) is 29.2 Å². The van der Waals surface area contributed by atoms with Crippen LogP contribution in [0.25, 0.3) is 0 Å². The van der Waals surface area contributed by atoms with Gasteiger partial charge in [-0.1, -0.05) is 19.4 Å². The molecular formula is C19H28N2O3S. The van der Waals surface area contributed by atoms with E-state index >= 15 is 0 Å². The standard InChI is InChI=1S/C19H28N2O3S/c1-15-9-12-20(13-10-15)19(22)17-7-5-8-18(14-17)25(23,24)21-11-4-3-6-16(21)2/h5,7-8,14-16H,3-4,6,9-13H2,1-2H3. The van der Waals surface area contributed by atoms with Crippen LogP contribution in [0.3, 0.4) is 0 Å². The lowest BCUT2D eigenvalue weighted by atomic mass is 9.98. The predicted octanol–water partition coefficient (Wildman–Crippen LogP) is 3.12. The second kappa shape index (κ2) is 7.46. The Hall–Kier alpha value is -1.40. The van der Waals surface area contributed by atoms with Gasteiger partial charge in [0.05, 0.1) is 4.90 Å². The Morgan fingerprint density at radius 1 is 1.04 bits per heavy atom. The van der Waals surface area contributed by atoms with E-state index < -0.39 is 10.0 Å². The summed E-state index contributed by atoms with van der Waals surface area (Å²) < 4.78 is 27.6. The molecule has 1 atom stereocenters. The van der Waals surface area contributed by atoms with Gasteiger partial charge in [-0.3, -0.25) is 4.79 Å². The lowest BCUT2D eigenvalue weighted by molar-refractivity contribution is 0.0697. The minimum absolute atomic E-state index is 0.0155. The van der Waals surface area contributed by atoms with Crippen LogP contribution in [0.1, 0.15) is 56.3 Å². The molecule has 2 fully saturated rings. The third-order valence-electron chi connectivity index (χ3n) is 5.50. The van der Waals surface area contributed by atoms with Gasteiger partial charge in [-0.2, -0.15) is 4.31 Å². The van der Waals surface area contributed by atoms with E-state index in [-0.39, 0.29) is 16.8 Å². The van der Waals surface area contributed by atoms with Crippen molar-refractivity contribution in [3.63, 3.8) is 0 Å². The number of carbonyl (C=O) groups excluding carboxylic acids is 1. The molecule has 0 spiro atoms. The largest absolute Gasteiger partial charge is 0.339 e. The number of rotatable bonds is 3. The second-order valence-electron chi connectivity index (χ2n) is 7.46. The first kappa shape index (κ1) is 18.4. The van der Waals surface area contributed by atoms with Crippen molar-refractivity contribution in [1.82, 2.24) is 9.21 Å². The molecule has 2 saturated heterocycles. The van der Waals surface area contributed by atoms with Crippen LogP contribution in [-0.4, -0.2) is 49.2 Å². The summed E-state index contributed by atoms with van der Waals surface area (Å²) in [5.41, 5.74) is 0.472. The van der Waals surface area contributed by atoms with Crippen molar-refractivity contribution >= 4 is 15.9 Å². The van der Waals surface area contributed by atoms with Crippen molar-refractivity contribution in [2.75, 3.05) is 19.6 Å². The van der Waals surface area contributed by atoms with Gasteiger partial charge >= 0.3 is 0 Å². The third-order valence-corrected chi connectivity index (χ3v) is 7.51. The zero-order valence-electron chi connectivity index (χ0n) is 15.1. The lowest BCUT2D eigenvalue weighted by Gasteiger charge is -2.32. The van der Waals surface area contributed by atoms with Crippen molar-refractivity contribution < 1.29 is 13.2 Å². The van der Waals surface area contributed by atoms with Crippen LogP contribution >= 0.6 is 0 Å². The van der Waals surface area contributed by atoms with Crippen LogP contribution in [-0.2, 0) is 10.0 Å². The number of sulfonamides is 1. The predicted molar refractivity (Wildman–Crippen MR) is 97.9 cm³/mol. The number of piperidine rings is 2. The van der Waals surface area contributed by atoms with Crippen molar-refractivity contribution in [3.8, 4) is 0 Å². The smallest absolute Gasteiger partial charge is 0.253 e. The Labute approximate surface area is 151 Å². The van der Waals surface area contributed by atoms with E-state index in [1.807, 2.05) is 11.8 Å². The van der Waals surface area contributed by atoms with Gasteiger partial charge in [-0.15, -0.1) is 0 Å². The highest BCUT2D eigenvalue weighted by molar-refractivity contribution is 7.89. The molecule has 3 rings (SSSR count). The molecular weight excluding hydrogens is 336 g/mol. The first-order valence-corrected chi connectivity index (χ1v) is 10.7. The average Bonchev–Trinajstić information content (AvgIpc) is 2.62. The van der Waals surface area contributed by atoms with Crippen LogP contribution in [0.2, 0.25) is 0 Å². The number of likely N-dealkylation sites (tertiary alicyclic amines) is 1. The summed E-state index contributed by atoms with van der Waals surface area (Å²) in [4.78, 5) is 14.8. The zero-order valence-corrected chi connectivity index (χ0v) is 16.0. The number of hydrogen-bond acceptors (Lipinski definition) is 3. The Morgan fingerprint density at radius 3 is 2.44 bits per heavy atom. The molecule has 6 heteroatoms. The van der Waals surface area contributed by atoms with Crippen LogP contribution in [0.5, 0.6) is 0 Å². The van der Waals surface area contributed by atoms with Gasteiger partial charge in [0.1, 0.15) is 0 Å². The molecule has 138 valence electrons. The fourth-order valence-electron chi connectivity index (χ4n) is 3.75. The van der Waals surface area contributed by atoms with Crippen LogP contribution < -0.4 is 0 Å². The molecule has 1 aromatic carbocycles. The van der Waals surface area contributed by atoms with E-state index in [2.05, 4.69) is 6.92 Å². The molecule has 0 saturated carbocycles. The van der Waals surface area contributed by atoms with Gasteiger partial charge in [0, 0.05) is 31.2 Å². The molecule has 0 aliphatic carbocycles. The summed E-state index contributed by atoms with van der Waals surface area (Å²) in [7, 11) is -3.54. The highest BCUT2D eigenvalue weighted by Gasteiger charge is 2.31. The van der Waals surface area contributed by atoms with Gasteiger partial charge in [0.25, 0.3) is 5.91 Å². The molecule has 1 amide bonds. The minimum atomic E-state index is -3.54. The SMILES string of the molecule is CC1CCN(C(=O)c2cccc(S(=O)(=O)N3CCCCC3C)c2)CC1. The van der Waals surface area contributed by atoms with Crippen LogP contribution in [0, 0.1) is 5.92 Å². The number of hydrogen-bond donors (Lipinski definition) is 0. The maximum Gasteiger partial charge on any atom is 0.253 e. The maximum atomic E-state index is 13.0. The van der Waals surface area contributed by atoms with E-state index in [0.717, 1.165) is 45.2 Å². The monoisotopic (exact) mass is 364 g/mol. The first-order chi connectivity index (χ1) is 11.9. The van der Waals surface area contributed by atoms with Crippen molar-refractivity contribution in [2.24, 2.45) is 5.92 Å². The Morgan fingerprint density at radius 2 is 1.76 bits per heavy atom. The summed E-state index contributed by atoms with van der Waals surface area (Å²) in [6.45, 7) is 6.22. The Bertz CT molecular complexity index is 724. The maximum absolute atomic E-state index is 13.0. The van der Waals surface area contributed by atoms with Gasteiger partial charge < -0.3 is 4.90 Å². The highest BCUT2D eigenvalue weighted by atomic mass is 32.2. The minimum Gasteiger partial charge on any atom is -0.339 e. The molecule has 0 aromatic heterocycles. The topological polar surface area (TPSA) is 57.7 Å². The average molecular weight is 365 g/mol. The van der Waals surface area contributed by atoms with E-state index in [9.17, 15) is 13.2 Å². The molecule has 25 heavy (non-hydrogen) atoms. The van der Waals surface area contributed by atoms with E-state index in [1.54, 1.807) is 28.6 Å². The fourth-order valence-corrected chi connectivity index (χ4v) is 5.49. The molecule has 0 bridgehead atoms. The van der Waals surface area contributed by atoms with Crippen molar-refractivity contribution in [1.29, 1.82) is 0 Å². The molecule has 2 aliphatic rings. The molecule has 1 aromatic rings. The lowest BCUT2D eigenvalue weighted by Crippen LogP contribution is -2.42. The van der Waals surface area contributed by atoms with Crippen LogP contribution in [0.4, 0.5) is 0 Å². The number of benzene rings is 1. The number of nitrogens with zero attached hydrogens (tertiary/aromatic N) is 2.